The minimum Gasteiger partial charge on any atom is -0.481 e. The van der Waals surface area contributed by atoms with E-state index >= 15 is 0 Å². The third kappa shape index (κ3) is 3.94. The van der Waals surface area contributed by atoms with Gasteiger partial charge in [-0.25, -0.2) is 9.07 Å². The van der Waals surface area contributed by atoms with Crippen LogP contribution in [0.25, 0.3) is 5.69 Å². The fraction of sp³-hybridized carbons (Fsp3) is 0.412. The Labute approximate surface area is 146 Å². The van der Waals surface area contributed by atoms with Gasteiger partial charge < -0.3 is 5.11 Å². The Hall–Kier alpha value is -1.92. The molecule has 1 N–H and O–H groups in total. The van der Waals surface area contributed by atoms with Crippen molar-refractivity contribution in [1.82, 2.24) is 14.7 Å². The van der Waals surface area contributed by atoms with Crippen molar-refractivity contribution in [1.29, 1.82) is 0 Å². The van der Waals surface area contributed by atoms with Gasteiger partial charge in [0.25, 0.3) is 0 Å². The average molecular weight is 354 g/mol. The van der Waals surface area contributed by atoms with Gasteiger partial charge in [0.1, 0.15) is 5.82 Å². The van der Waals surface area contributed by atoms with E-state index in [9.17, 15) is 9.18 Å². The summed E-state index contributed by atoms with van der Waals surface area (Å²) in [5, 5.41) is 13.5. The Morgan fingerprint density at radius 1 is 1.33 bits per heavy atom. The molecule has 0 spiro atoms. The lowest BCUT2D eigenvalue weighted by Crippen LogP contribution is -2.22. The summed E-state index contributed by atoms with van der Waals surface area (Å²) < 4.78 is 15.0. The molecule has 5 nitrogen and oxygen atoms in total. The Bertz CT molecular complexity index is 715. The minimum absolute atomic E-state index is 0. The monoisotopic (exact) mass is 353 g/mol. The zero-order valence-electron chi connectivity index (χ0n) is 13.5. The highest BCUT2D eigenvalue weighted by molar-refractivity contribution is 5.85. The standard InChI is InChI=1S/C17H20FN3O2.ClH/c1-20(10-9-17(22)23)11-15-14-3-2-4-16(14)21(19-15)13-7-5-12(18)6-8-13;/h5-8H,2-4,9-11H2,1H3,(H,22,23);1H. The van der Waals surface area contributed by atoms with Crippen molar-refractivity contribution in [2.75, 3.05) is 13.6 Å². The molecule has 0 aliphatic heterocycles. The summed E-state index contributed by atoms with van der Waals surface area (Å²) in [5.41, 5.74) is 4.31. The van der Waals surface area contributed by atoms with Crippen LogP contribution in [0.1, 0.15) is 29.8 Å². The number of aromatic nitrogens is 2. The third-order valence-electron chi connectivity index (χ3n) is 4.21. The molecule has 2 aromatic rings. The third-order valence-corrected chi connectivity index (χ3v) is 4.21. The van der Waals surface area contributed by atoms with Gasteiger partial charge in [0.15, 0.2) is 0 Å². The number of carbonyl (C=O) groups is 1. The van der Waals surface area contributed by atoms with Crippen LogP contribution in [-0.2, 0) is 24.2 Å². The van der Waals surface area contributed by atoms with Crippen LogP contribution < -0.4 is 0 Å². The van der Waals surface area contributed by atoms with Crippen molar-refractivity contribution in [3.8, 4) is 5.69 Å². The molecule has 0 atom stereocenters. The summed E-state index contributed by atoms with van der Waals surface area (Å²) in [6.45, 7) is 1.12. The maximum Gasteiger partial charge on any atom is 0.304 e. The Morgan fingerprint density at radius 2 is 2.04 bits per heavy atom. The Balaban J connectivity index is 0.00000208. The lowest BCUT2D eigenvalue weighted by Gasteiger charge is -2.14. The van der Waals surface area contributed by atoms with Crippen molar-refractivity contribution >= 4 is 18.4 Å². The van der Waals surface area contributed by atoms with Gasteiger partial charge in [0, 0.05) is 18.8 Å². The van der Waals surface area contributed by atoms with Crippen LogP contribution in [0.5, 0.6) is 0 Å². The van der Waals surface area contributed by atoms with Crippen LogP contribution in [0.4, 0.5) is 4.39 Å². The summed E-state index contributed by atoms with van der Waals surface area (Å²) in [6, 6.07) is 6.35. The molecule has 0 bridgehead atoms. The van der Waals surface area contributed by atoms with Gasteiger partial charge in [-0.3, -0.25) is 9.69 Å². The molecular weight excluding hydrogens is 333 g/mol. The van der Waals surface area contributed by atoms with E-state index < -0.39 is 5.97 Å². The maximum atomic E-state index is 13.1. The second-order valence-electron chi connectivity index (χ2n) is 6.00. The first-order chi connectivity index (χ1) is 11.0. The molecule has 1 aliphatic rings. The largest absolute Gasteiger partial charge is 0.481 e. The smallest absolute Gasteiger partial charge is 0.304 e. The number of fused-ring (bicyclic) bond motifs is 1. The van der Waals surface area contributed by atoms with Crippen molar-refractivity contribution in [3.05, 3.63) is 47.0 Å². The summed E-state index contributed by atoms with van der Waals surface area (Å²) in [4.78, 5) is 12.7. The second kappa shape index (κ2) is 7.77. The van der Waals surface area contributed by atoms with Gasteiger partial charge in [0.05, 0.1) is 17.8 Å². The van der Waals surface area contributed by atoms with Crippen molar-refractivity contribution in [2.24, 2.45) is 0 Å². The van der Waals surface area contributed by atoms with Crippen LogP contribution >= 0.6 is 12.4 Å². The van der Waals surface area contributed by atoms with Crippen molar-refractivity contribution < 1.29 is 14.3 Å². The van der Waals surface area contributed by atoms with Crippen LogP contribution in [0, 0.1) is 5.82 Å². The van der Waals surface area contributed by atoms with E-state index in [0.29, 0.717) is 13.1 Å². The number of carboxylic acid groups (broad SMARTS) is 1. The molecule has 0 saturated heterocycles. The fourth-order valence-electron chi connectivity index (χ4n) is 3.06. The van der Waals surface area contributed by atoms with Gasteiger partial charge in [-0.2, -0.15) is 5.10 Å². The quantitative estimate of drug-likeness (QED) is 0.867. The van der Waals surface area contributed by atoms with Gasteiger partial charge in [-0.05, 0) is 56.1 Å². The highest BCUT2D eigenvalue weighted by Crippen LogP contribution is 2.28. The predicted molar refractivity (Wildman–Crippen MR) is 91.4 cm³/mol. The molecule has 0 unspecified atom stereocenters. The zero-order chi connectivity index (χ0) is 16.4. The molecule has 1 heterocycles. The number of carboxylic acids is 1. The van der Waals surface area contributed by atoms with Crippen molar-refractivity contribution in [3.63, 3.8) is 0 Å². The van der Waals surface area contributed by atoms with E-state index in [2.05, 4.69) is 0 Å². The zero-order valence-corrected chi connectivity index (χ0v) is 14.4. The average Bonchev–Trinajstić information content (AvgIpc) is 3.10. The molecule has 24 heavy (non-hydrogen) atoms. The number of hydrogen-bond donors (Lipinski definition) is 1. The first kappa shape index (κ1) is 18.4. The SMILES string of the molecule is CN(CCC(=O)O)Cc1nn(-c2ccc(F)cc2)c2c1CCC2.Cl. The molecule has 1 aliphatic carbocycles. The van der Waals surface area contributed by atoms with E-state index in [1.54, 1.807) is 12.1 Å². The predicted octanol–water partition coefficient (Wildman–Crippen LogP) is 2.83. The molecule has 0 saturated carbocycles. The lowest BCUT2D eigenvalue weighted by atomic mass is 10.2. The van der Waals surface area contributed by atoms with Crippen molar-refractivity contribution in [2.45, 2.75) is 32.2 Å². The molecule has 7 heteroatoms. The molecular formula is C17H21ClFN3O2. The van der Waals surface area contributed by atoms with E-state index in [1.807, 2.05) is 16.6 Å². The highest BCUT2D eigenvalue weighted by Gasteiger charge is 2.23. The number of nitrogens with zero attached hydrogens (tertiary/aromatic N) is 3. The summed E-state index contributed by atoms with van der Waals surface area (Å²) in [5.74, 6) is -1.05. The highest BCUT2D eigenvalue weighted by atomic mass is 35.5. The van der Waals surface area contributed by atoms with Gasteiger partial charge >= 0.3 is 5.97 Å². The summed E-state index contributed by atoms with van der Waals surface area (Å²) in [7, 11) is 1.90. The summed E-state index contributed by atoms with van der Waals surface area (Å²) in [6.07, 6.45) is 3.19. The normalized spacial score (nSPS) is 13.0. The number of rotatable bonds is 6. The molecule has 0 radical (unpaired) electrons. The van der Waals surface area contributed by atoms with Gasteiger partial charge in [-0.1, -0.05) is 0 Å². The molecule has 0 amide bonds. The van der Waals surface area contributed by atoms with Gasteiger partial charge in [0.2, 0.25) is 0 Å². The van der Waals surface area contributed by atoms with Crippen LogP contribution in [0.15, 0.2) is 24.3 Å². The van der Waals surface area contributed by atoms with E-state index in [0.717, 1.165) is 30.6 Å². The number of hydrogen-bond acceptors (Lipinski definition) is 3. The van der Waals surface area contributed by atoms with Crippen LogP contribution in [0.2, 0.25) is 0 Å². The summed E-state index contributed by atoms with van der Waals surface area (Å²) >= 11 is 0. The number of benzene rings is 1. The number of aliphatic carboxylic acids is 1. The molecule has 1 aromatic carbocycles. The minimum atomic E-state index is -0.793. The number of halogens is 2. The first-order valence-corrected chi connectivity index (χ1v) is 7.80. The lowest BCUT2D eigenvalue weighted by molar-refractivity contribution is -0.137. The molecule has 3 rings (SSSR count). The maximum absolute atomic E-state index is 13.1. The molecule has 1 aromatic heterocycles. The topological polar surface area (TPSA) is 58.4 Å². The van der Waals surface area contributed by atoms with E-state index in [-0.39, 0.29) is 24.6 Å². The van der Waals surface area contributed by atoms with Crippen LogP contribution in [-0.4, -0.2) is 39.3 Å². The Morgan fingerprint density at radius 3 is 2.71 bits per heavy atom. The van der Waals surface area contributed by atoms with E-state index in [1.165, 1.54) is 23.4 Å². The molecule has 0 fully saturated rings. The fourth-order valence-corrected chi connectivity index (χ4v) is 3.06. The van der Waals surface area contributed by atoms with Gasteiger partial charge in [-0.15, -0.1) is 12.4 Å². The Kier molecular flexibility index (Phi) is 5.96. The van der Waals surface area contributed by atoms with E-state index in [4.69, 9.17) is 10.2 Å². The second-order valence-corrected chi connectivity index (χ2v) is 6.00. The van der Waals surface area contributed by atoms with Crippen LogP contribution in [0.3, 0.4) is 0 Å². The first-order valence-electron chi connectivity index (χ1n) is 7.80. The molecule has 130 valence electrons.